The molecule has 1 aromatic heterocycles. The number of nitrogens with two attached hydrogens (primary N) is 1. The second-order valence-corrected chi connectivity index (χ2v) is 4.27. The third kappa shape index (κ3) is 2.64. The Labute approximate surface area is 107 Å². The maximum atomic E-state index is 5.99. The molecule has 0 fully saturated rings. The van der Waals surface area contributed by atoms with Gasteiger partial charge in [0.1, 0.15) is 11.6 Å². The third-order valence-corrected chi connectivity index (χ3v) is 2.87. The van der Waals surface area contributed by atoms with E-state index in [4.69, 9.17) is 10.5 Å². The molecular formula is C14H19N3O. The van der Waals surface area contributed by atoms with E-state index >= 15 is 0 Å². The van der Waals surface area contributed by atoms with Crippen LogP contribution in [0.1, 0.15) is 19.8 Å². The zero-order valence-electron chi connectivity index (χ0n) is 10.9. The first kappa shape index (κ1) is 12.5. The Morgan fingerprint density at radius 3 is 2.89 bits per heavy atom. The first-order valence-electron chi connectivity index (χ1n) is 6.22. The standard InChI is InChI=1S/C14H19N3O/c1-3-4-7-16-13-6-5-10-8-11(18-2)9-12(15)14(10)17-13/h5-6,8-9H,3-4,7,15H2,1-2H3,(H,16,17). The quantitative estimate of drug-likeness (QED) is 0.628. The van der Waals surface area contributed by atoms with Crippen LogP contribution >= 0.6 is 0 Å². The summed E-state index contributed by atoms with van der Waals surface area (Å²) in [6.07, 6.45) is 2.30. The Kier molecular flexibility index (Phi) is 3.87. The average Bonchev–Trinajstić information content (AvgIpc) is 2.39. The highest BCUT2D eigenvalue weighted by Crippen LogP contribution is 2.26. The number of ether oxygens (including phenoxy) is 1. The SMILES string of the molecule is CCCCNc1ccc2cc(OC)cc(N)c2n1. The maximum absolute atomic E-state index is 5.99. The normalized spacial score (nSPS) is 10.6. The van der Waals surface area contributed by atoms with E-state index in [9.17, 15) is 0 Å². The number of rotatable bonds is 5. The molecule has 0 aliphatic carbocycles. The predicted molar refractivity (Wildman–Crippen MR) is 76.1 cm³/mol. The number of nitrogens with zero attached hydrogens (tertiary/aromatic N) is 1. The number of fused-ring (bicyclic) bond motifs is 1. The lowest BCUT2D eigenvalue weighted by Crippen LogP contribution is -2.03. The first-order chi connectivity index (χ1) is 8.74. The summed E-state index contributed by atoms with van der Waals surface area (Å²) in [5.74, 6) is 1.63. The number of unbranched alkanes of at least 4 members (excludes halogenated alkanes) is 1. The van der Waals surface area contributed by atoms with Crippen LogP contribution in [0.25, 0.3) is 10.9 Å². The maximum Gasteiger partial charge on any atom is 0.126 e. The van der Waals surface area contributed by atoms with E-state index in [2.05, 4.69) is 17.2 Å². The highest BCUT2D eigenvalue weighted by atomic mass is 16.5. The molecule has 0 aliphatic heterocycles. The lowest BCUT2D eigenvalue weighted by molar-refractivity contribution is 0.415. The largest absolute Gasteiger partial charge is 0.497 e. The molecule has 0 saturated carbocycles. The Morgan fingerprint density at radius 1 is 1.33 bits per heavy atom. The van der Waals surface area contributed by atoms with Crippen molar-refractivity contribution >= 4 is 22.4 Å². The van der Waals surface area contributed by atoms with Gasteiger partial charge in [-0.15, -0.1) is 0 Å². The molecule has 2 rings (SSSR count). The highest BCUT2D eigenvalue weighted by molar-refractivity contribution is 5.91. The second kappa shape index (κ2) is 5.58. The summed E-state index contributed by atoms with van der Waals surface area (Å²) < 4.78 is 5.19. The minimum Gasteiger partial charge on any atom is -0.497 e. The lowest BCUT2D eigenvalue weighted by Gasteiger charge is -2.09. The number of hydrogen-bond acceptors (Lipinski definition) is 4. The average molecular weight is 245 g/mol. The van der Waals surface area contributed by atoms with E-state index in [-0.39, 0.29) is 0 Å². The third-order valence-electron chi connectivity index (χ3n) is 2.87. The van der Waals surface area contributed by atoms with Gasteiger partial charge in [-0.3, -0.25) is 0 Å². The summed E-state index contributed by atoms with van der Waals surface area (Å²) >= 11 is 0. The molecule has 1 aromatic carbocycles. The van der Waals surface area contributed by atoms with Gasteiger partial charge in [0, 0.05) is 18.0 Å². The van der Waals surface area contributed by atoms with Gasteiger partial charge in [-0.2, -0.15) is 0 Å². The van der Waals surface area contributed by atoms with Crippen LogP contribution in [0.4, 0.5) is 11.5 Å². The zero-order valence-corrected chi connectivity index (χ0v) is 10.9. The van der Waals surface area contributed by atoms with Crippen LogP contribution in [0.3, 0.4) is 0 Å². The fourth-order valence-electron chi connectivity index (χ4n) is 1.84. The molecule has 0 spiro atoms. The number of anilines is 2. The van der Waals surface area contributed by atoms with Gasteiger partial charge in [-0.25, -0.2) is 4.98 Å². The molecule has 0 radical (unpaired) electrons. The van der Waals surface area contributed by atoms with Crippen molar-refractivity contribution in [3.05, 3.63) is 24.3 Å². The smallest absolute Gasteiger partial charge is 0.126 e. The molecule has 0 bridgehead atoms. The van der Waals surface area contributed by atoms with E-state index < -0.39 is 0 Å². The molecule has 4 heteroatoms. The van der Waals surface area contributed by atoms with E-state index in [1.807, 2.05) is 18.2 Å². The molecule has 0 saturated heterocycles. The number of nitrogen functional groups attached to an aromatic ring is 1. The van der Waals surface area contributed by atoms with Crippen molar-refractivity contribution in [1.29, 1.82) is 0 Å². The number of nitrogens with one attached hydrogen (secondary N) is 1. The molecule has 1 heterocycles. The van der Waals surface area contributed by atoms with Crippen LogP contribution in [-0.2, 0) is 0 Å². The first-order valence-corrected chi connectivity index (χ1v) is 6.22. The number of pyridine rings is 1. The Morgan fingerprint density at radius 2 is 2.17 bits per heavy atom. The Bertz CT molecular complexity index is 540. The zero-order chi connectivity index (χ0) is 13.0. The Balaban J connectivity index is 2.30. The van der Waals surface area contributed by atoms with E-state index in [1.54, 1.807) is 13.2 Å². The fourth-order valence-corrected chi connectivity index (χ4v) is 1.84. The van der Waals surface area contributed by atoms with Gasteiger partial charge < -0.3 is 15.8 Å². The van der Waals surface area contributed by atoms with Crippen molar-refractivity contribution in [2.45, 2.75) is 19.8 Å². The molecular weight excluding hydrogens is 226 g/mol. The van der Waals surface area contributed by atoms with Crippen LogP contribution in [0.2, 0.25) is 0 Å². The van der Waals surface area contributed by atoms with Crippen molar-refractivity contribution in [3.63, 3.8) is 0 Å². The van der Waals surface area contributed by atoms with Crippen LogP contribution in [0.15, 0.2) is 24.3 Å². The van der Waals surface area contributed by atoms with E-state index in [0.717, 1.165) is 35.4 Å². The fraction of sp³-hybridized carbons (Fsp3) is 0.357. The molecule has 0 aliphatic rings. The van der Waals surface area contributed by atoms with Gasteiger partial charge in [0.2, 0.25) is 0 Å². The van der Waals surface area contributed by atoms with E-state index in [1.165, 1.54) is 6.42 Å². The number of methoxy groups -OCH3 is 1. The molecule has 18 heavy (non-hydrogen) atoms. The van der Waals surface area contributed by atoms with E-state index in [0.29, 0.717) is 5.69 Å². The molecule has 0 atom stereocenters. The van der Waals surface area contributed by atoms with Gasteiger partial charge in [0.15, 0.2) is 0 Å². The molecule has 0 amide bonds. The topological polar surface area (TPSA) is 60.2 Å². The second-order valence-electron chi connectivity index (χ2n) is 4.27. The molecule has 3 N–H and O–H groups in total. The van der Waals surface area contributed by atoms with Crippen molar-refractivity contribution in [2.24, 2.45) is 0 Å². The molecule has 0 unspecified atom stereocenters. The van der Waals surface area contributed by atoms with Crippen molar-refractivity contribution < 1.29 is 4.74 Å². The summed E-state index contributed by atoms with van der Waals surface area (Å²) in [7, 11) is 1.63. The summed E-state index contributed by atoms with van der Waals surface area (Å²) in [6, 6.07) is 7.71. The van der Waals surface area contributed by atoms with Gasteiger partial charge >= 0.3 is 0 Å². The lowest BCUT2D eigenvalue weighted by atomic mass is 10.2. The van der Waals surface area contributed by atoms with Gasteiger partial charge in [-0.1, -0.05) is 13.3 Å². The summed E-state index contributed by atoms with van der Waals surface area (Å²) in [6.45, 7) is 3.10. The number of benzene rings is 1. The number of aromatic nitrogens is 1. The monoisotopic (exact) mass is 245 g/mol. The summed E-state index contributed by atoms with van der Waals surface area (Å²) in [5.41, 5.74) is 7.45. The van der Waals surface area contributed by atoms with Crippen LogP contribution in [0, 0.1) is 0 Å². The van der Waals surface area contributed by atoms with Gasteiger partial charge in [0.25, 0.3) is 0 Å². The number of hydrogen-bond donors (Lipinski definition) is 2. The highest BCUT2D eigenvalue weighted by Gasteiger charge is 2.04. The minimum atomic E-state index is 0.642. The van der Waals surface area contributed by atoms with Gasteiger partial charge in [-0.05, 0) is 24.6 Å². The van der Waals surface area contributed by atoms with Crippen LogP contribution in [0.5, 0.6) is 5.75 Å². The van der Waals surface area contributed by atoms with Gasteiger partial charge in [0.05, 0.1) is 18.3 Å². The van der Waals surface area contributed by atoms with Crippen LogP contribution in [-0.4, -0.2) is 18.6 Å². The minimum absolute atomic E-state index is 0.642. The molecule has 2 aromatic rings. The summed E-state index contributed by atoms with van der Waals surface area (Å²) in [4.78, 5) is 4.53. The van der Waals surface area contributed by atoms with Crippen LogP contribution < -0.4 is 15.8 Å². The summed E-state index contributed by atoms with van der Waals surface area (Å²) in [5, 5.41) is 4.29. The van der Waals surface area contributed by atoms with Crippen molar-refractivity contribution in [3.8, 4) is 5.75 Å². The van der Waals surface area contributed by atoms with Crippen molar-refractivity contribution in [2.75, 3.05) is 24.7 Å². The Hall–Kier alpha value is -1.97. The predicted octanol–water partition coefficient (Wildman–Crippen LogP) is 3.04. The molecule has 4 nitrogen and oxygen atoms in total. The molecule has 96 valence electrons. The van der Waals surface area contributed by atoms with Crippen molar-refractivity contribution in [1.82, 2.24) is 4.98 Å².